The topological polar surface area (TPSA) is 17.0 Å². The van der Waals surface area contributed by atoms with Gasteiger partial charge in [0.1, 0.15) is 0 Å². The Kier molecular flexibility index (Phi) is 6.48. The highest BCUT2D eigenvalue weighted by molar-refractivity contribution is 5.42. The zero-order valence-corrected chi connectivity index (χ0v) is 16.6. The Balaban J connectivity index is 3.72. The number of hydrogen-bond donors (Lipinski definition) is 1. The Bertz CT molecular complexity index is 757. The first-order valence-corrected chi connectivity index (χ1v) is 8.72. The molecule has 1 heterocycles. The third-order valence-corrected chi connectivity index (χ3v) is 4.88. The van der Waals surface area contributed by atoms with Crippen LogP contribution in [0.15, 0.2) is 36.1 Å². The molecule has 0 fully saturated rings. The van der Waals surface area contributed by atoms with Gasteiger partial charge in [-0.2, -0.15) is 0 Å². The van der Waals surface area contributed by atoms with Crippen LogP contribution in [-0.4, -0.2) is 11.6 Å². The van der Waals surface area contributed by atoms with Crippen molar-refractivity contribution in [3.05, 3.63) is 57.9 Å². The van der Waals surface area contributed by atoms with E-state index < -0.39 is 0 Å². The minimum absolute atomic E-state index is 0.108. The van der Waals surface area contributed by atoms with E-state index in [-0.39, 0.29) is 6.04 Å². The van der Waals surface area contributed by atoms with Crippen molar-refractivity contribution in [1.82, 2.24) is 9.88 Å². The van der Waals surface area contributed by atoms with Gasteiger partial charge in [-0.3, -0.25) is 0 Å². The molecule has 2 nitrogen and oxygen atoms in total. The summed E-state index contributed by atoms with van der Waals surface area (Å²) in [6.07, 6.45) is 1.95. The smallest absolute Gasteiger partial charge is 0.0566 e. The second kappa shape index (κ2) is 7.74. The zero-order valence-electron chi connectivity index (χ0n) is 16.6. The van der Waals surface area contributed by atoms with Crippen molar-refractivity contribution < 1.29 is 0 Å². The van der Waals surface area contributed by atoms with E-state index in [1.165, 1.54) is 22.3 Å². The van der Waals surface area contributed by atoms with Crippen molar-refractivity contribution in [1.29, 1.82) is 0 Å². The first-order chi connectivity index (χ1) is 11.1. The van der Waals surface area contributed by atoms with E-state index in [1.54, 1.807) is 0 Å². The van der Waals surface area contributed by atoms with Crippen LogP contribution in [0, 0.1) is 12.8 Å². The van der Waals surface area contributed by atoms with E-state index in [0.29, 0.717) is 11.8 Å². The molecule has 0 aromatic carbocycles. The van der Waals surface area contributed by atoms with E-state index in [0.717, 1.165) is 16.4 Å². The first-order valence-electron chi connectivity index (χ1n) is 8.72. The molecule has 0 radical (unpaired) electrons. The molecule has 1 aromatic rings. The summed E-state index contributed by atoms with van der Waals surface area (Å²) in [7, 11) is 1.91. The summed E-state index contributed by atoms with van der Waals surface area (Å²) in [5, 5.41) is 5.28. The number of hydrogen-bond acceptors (Lipinski definition) is 1. The lowest BCUT2D eigenvalue weighted by atomic mass is 9.91. The molecule has 0 aliphatic heterocycles. The Labute approximate surface area is 148 Å². The molecule has 0 aliphatic carbocycles. The van der Waals surface area contributed by atoms with Gasteiger partial charge in [0.15, 0.2) is 0 Å². The third kappa shape index (κ3) is 3.43. The number of rotatable bonds is 7. The van der Waals surface area contributed by atoms with Crippen LogP contribution in [0.2, 0.25) is 0 Å². The number of allylic oxidation sites excluding steroid dienone is 3. The molecule has 1 unspecified atom stereocenters. The molecule has 0 saturated heterocycles. The van der Waals surface area contributed by atoms with Gasteiger partial charge in [-0.1, -0.05) is 60.1 Å². The molecule has 1 atom stereocenters. The van der Waals surface area contributed by atoms with Gasteiger partial charge < -0.3 is 9.88 Å². The fraction of sp³-hybridized carbons (Fsp3) is 0.455. The lowest BCUT2D eigenvalue weighted by Crippen LogP contribution is -2.31. The van der Waals surface area contributed by atoms with Crippen LogP contribution in [0.4, 0.5) is 0 Å². The van der Waals surface area contributed by atoms with Crippen molar-refractivity contribution in [3.8, 4) is 0 Å². The predicted molar refractivity (Wildman–Crippen MR) is 109 cm³/mol. The standard InChI is InChI=1S/C22H34N2/c1-12-20(22(14(4)5)16(7)23-11)18(9)24-17(8)15(6)21(13(2)3)19(24)10/h12-14,18,23H,1,7-8,10H2,2-6,9,11H3/b22-20+. The van der Waals surface area contributed by atoms with Gasteiger partial charge in [0.2, 0.25) is 0 Å². The quantitative estimate of drug-likeness (QED) is 0.744. The van der Waals surface area contributed by atoms with Crippen molar-refractivity contribution in [2.75, 3.05) is 7.05 Å². The van der Waals surface area contributed by atoms with Gasteiger partial charge in [0.25, 0.3) is 0 Å². The number of nitrogens with one attached hydrogen (secondary N) is 1. The molecular weight excluding hydrogens is 292 g/mol. The predicted octanol–water partition coefficient (Wildman–Crippen LogP) is 4.17. The van der Waals surface area contributed by atoms with Gasteiger partial charge in [-0.05, 0) is 48.0 Å². The molecule has 1 aromatic heterocycles. The van der Waals surface area contributed by atoms with E-state index in [9.17, 15) is 0 Å². The summed E-state index contributed by atoms with van der Waals surface area (Å²) >= 11 is 0. The second-order valence-electron chi connectivity index (χ2n) is 7.09. The monoisotopic (exact) mass is 326 g/mol. The molecule has 24 heavy (non-hydrogen) atoms. The Hall–Kier alpha value is -1.96. The summed E-state index contributed by atoms with van der Waals surface area (Å²) in [5.41, 5.74) is 5.86. The molecule has 0 saturated carbocycles. The normalized spacial score (nSPS) is 13.9. The molecule has 1 N–H and O–H groups in total. The summed E-state index contributed by atoms with van der Waals surface area (Å²) < 4.78 is 2.24. The molecule has 0 bridgehead atoms. The van der Waals surface area contributed by atoms with Gasteiger partial charge in [-0.15, -0.1) is 0 Å². The molecule has 0 amide bonds. The molecule has 1 rings (SSSR count). The highest BCUT2D eigenvalue weighted by Gasteiger charge is 2.21. The Morgan fingerprint density at radius 3 is 1.96 bits per heavy atom. The maximum absolute atomic E-state index is 4.36. The number of nitrogens with zero attached hydrogens (tertiary/aromatic N) is 1. The van der Waals surface area contributed by atoms with Gasteiger partial charge in [0, 0.05) is 23.4 Å². The SMILES string of the molecule is C=C/C(=C(\C(=C)NC)C(C)C)C(C)n1c(=C)c(C)c(C(C)C)c1=C. The van der Waals surface area contributed by atoms with Crippen LogP contribution < -0.4 is 16.0 Å². The van der Waals surface area contributed by atoms with Crippen molar-refractivity contribution in [2.24, 2.45) is 5.92 Å². The molecule has 132 valence electrons. The van der Waals surface area contributed by atoms with E-state index >= 15 is 0 Å². The molecule has 2 heteroatoms. The average molecular weight is 327 g/mol. The zero-order chi connectivity index (χ0) is 18.8. The van der Waals surface area contributed by atoms with Gasteiger partial charge >= 0.3 is 0 Å². The summed E-state index contributed by atoms with van der Waals surface area (Å²) in [6.45, 7) is 30.0. The van der Waals surface area contributed by atoms with Crippen LogP contribution in [0.5, 0.6) is 0 Å². The summed E-state index contributed by atoms with van der Waals surface area (Å²) in [4.78, 5) is 0. The molecular formula is C22H34N2. The van der Waals surface area contributed by atoms with Crippen LogP contribution in [-0.2, 0) is 0 Å². The number of likely N-dealkylation sites (N-methyl/N-ethyl adjacent to an activating group) is 1. The molecule has 0 aliphatic rings. The van der Waals surface area contributed by atoms with E-state index in [1.807, 2.05) is 13.1 Å². The minimum Gasteiger partial charge on any atom is -0.388 e. The van der Waals surface area contributed by atoms with Crippen molar-refractivity contribution in [3.63, 3.8) is 0 Å². The lowest BCUT2D eigenvalue weighted by molar-refractivity contribution is 0.590. The average Bonchev–Trinajstić information content (AvgIpc) is 2.72. The first kappa shape index (κ1) is 20.1. The highest BCUT2D eigenvalue weighted by Crippen LogP contribution is 2.28. The third-order valence-electron chi connectivity index (χ3n) is 4.88. The fourth-order valence-electron chi connectivity index (χ4n) is 3.71. The highest BCUT2D eigenvalue weighted by atomic mass is 15.0. The van der Waals surface area contributed by atoms with E-state index in [2.05, 4.69) is 77.7 Å². The fourth-order valence-corrected chi connectivity index (χ4v) is 3.71. The second-order valence-corrected chi connectivity index (χ2v) is 7.09. The maximum atomic E-state index is 4.36. The van der Waals surface area contributed by atoms with Crippen LogP contribution in [0.25, 0.3) is 13.2 Å². The maximum Gasteiger partial charge on any atom is 0.0566 e. The summed E-state index contributed by atoms with van der Waals surface area (Å²) in [6, 6.07) is 0.108. The van der Waals surface area contributed by atoms with E-state index in [4.69, 9.17) is 0 Å². The van der Waals surface area contributed by atoms with Crippen LogP contribution in [0.1, 0.15) is 57.7 Å². The molecule has 0 spiro atoms. The summed E-state index contributed by atoms with van der Waals surface area (Å²) in [5.74, 6) is 0.780. The largest absolute Gasteiger partial charge is 0.388 e. The van der Waals surface area contributed by atoms with Crippen LogP contribution in [0.3, 0.4) is 0 Å². The van der Waals surface area contributed by atoms with Gasteiger partial charge in [0.05, 0.1) is 6.04 Å². The number of aromatic nitrogens is 1. The lowest BCUT2D eigenvalue weighted by Gasteiger charge is -2.24. The van der Waals surface area contributed by atoms with Gasteiger partial charge in [-0.25, -0.2) is 0 Å². The Morgan fingerprint density at radius 1 is 1.08 bits per heavy atom. The Morgan fingerprint density at radius 2 is 1.62 bits per heavy atom. The minimum atomic E-state index is 0.108. The van der Waals surface area contributed by atoms with Crippen LogP contribution >= 0.6 is 0 Å². The van der Waals surface area contributed by atoms with Crippen molar-refractivity contribution >= 4 is 13.2 Å². The van der Waals surface area contributed by atoms with Crippen molar-refractivity contribution in [2.45, 2.75) is 53.5 Å².